The minimum atomic E-state index is -0.286. The van der Waals surface area contributed by atoms with Gasteiger partial charge < -0.3 is 20.7 Å². The highest BCUT2D eigenvalue weighted by Crippen LogP contribution is 2.16. The van der Waals surface area contributed by atoms with E-state index < -0.39 is 0 Å². The molecule has 28 heavy (non-hydrogen) atoms. The lowest BCUT2D eigenvalue weighted by Gasteiger charge is -2.21. The molecule has 0 fully saturated rings. The average molecular weight is 387 g/mol. The predicted molar refractivity (Wildman–Crippen MR) is 111 cm³/mol. The van der Waals surface area contributed by atoms with Gasteiger partial charge in [0.25, 0.3) is 0 Å². The van der Waals surface area contributed by atoms with Crippen LogP contribution in [0, 0.1) is 0 Å². The molecule has 1 heterocycles. The van der Waals surface area contributed by atoms with E-state index in [1.807, 2.05) is 65.0 Å². The van der Waals surface area contributed by atoms with Crippen molar-refractivity contribution in [1.82, 2.24) is 20.8 Å². The van der Waals surface area contributed by atoms with Crippen LogP contribution in [0.4, 0.5) is 5.69 Å². The molecule has 1 aromatic heterocycles. The average Bonchev–Trinajstić information content (AvgIpc) is 3.10. The Morgan fingerprint density at radius 1 is 1.21 bits per heavy atom. The van der Waals surface area contributed by atoms with Crippen LogP contribution in [0.2, 0.25) is 0 Å². The molecule has 1 amide bonds. The van der Waals surface area contributed by atoms with Gasteiger partial charge in [0.1, 0.15) is 5.75 Å². The number of anilines is 1. The SMILES string of the molecule is CC(C)Oc1ccc(NC(=NCc2ccn[nH]2)NCC(=O)NC(C)(C)C)cc1. The Bertz CT molecular complexity index is 761. The van der Waals surface area contributed by atoms with Gasteiger partial charge in [-0.05, 0) is 65.0 Å². The van der Waals surface area contributed by atoms with E-state index in [2.05, 4.69) is 31.1 Å². The van der Waals surface area contributed by atoms with Crippen LogP contribution in [-0.4, -0.2) is 40.3 Å². The molecule has 0 bridgehead atoms. The maximum atomic E-state index is 12.1. The summed E-state index contributed by atoms with van der Waals surface area (Å²) in [6.45, 7) is 10.3. The van der Waals surface area contributed by atoms with Crippen LogP contribution in [0.15, 0.2) is 41.5 Å². The zero-order chi connectivity index (χ0) is 20.6. The van der Waals surface area contributed by atoms with Gasteiger partial charge in [0, 0.05) is 17.4 Å². The third kappa shape index (κ3) is 8.11. The van der Waals surface area contributed by atoms with Gasteiger partial charge in [-0.2, -0.15) is 5.10 Å². The Morgan fingerprint density at radius 2 is 1.93 bits per heavy atom. The smallest absolute Gasteiger partial charge is 0.239 e. The number of carbonyl (C=O) groups is 1. The fourth-order valence-electron chi connectivity index (χ4n) is 2.33. The van der Waals surface area contributed by atoms with Crippen LogP contribution < -0.4 is 20.7 Å². The number of nitrogens with one attached hydrogen (secondary N) is 4. The summed E-state index contributed by atoms with van der Waals surface area (Å²) in [7, 11) is 0. The van der Waals surface area contributed by atoms with Crippen LogP contribution in [0.5, 0.6) is 5.75 Å². The van der Waals surface area contributed by atoms with Gasteiger partial charge in [-0.25, -0.2) is 4.99 Å². The maximum absolute atomic E-state index is 12.1. The van der Waals surface area contributed by atoms with Gasteiger partial charge in [0.05, 0.1) is 24.9 Å². The first-order valence-corrected chi connectivity index (χ1v) is 9.32. The summed E-state index contributed by atoms with van der Waals surface area (Å²) in [6.07, 6.45) is 1.80. The third-order valence-electron chi connectivity index (χ3n) is 3.39. The highest BCUT2D eigenvalue weighted by molar-refractivity contribution is 5.96. The topological polar surface area (TPSA) is 103 Å². The number of aromatic nitrogens is 2. The highest BCUT2D eigenvalue weighted by Gasteiger charge is 2.14. The zero-order valence-electron chi connectivity index (χ0n) is 17.2. The summed E-state index contributed by atoms with van der Waals surface area (Å²) in [4.78, 5) is 16.6. The number of carbonyl (C=O) groups excluding carboxylic acids is 1. The molecule has 0 aliphatic carbocycles. The summed E-state index contributed by atoms with van der Waals surface area (Å²) in [5.74, 6) is 1.19. The summed E-state index contributed by atoms with van der Waals surface area (Å²) in [5, 5.41) is 16.0. The first kappa shape index (κ1) is 21.3. The van der Waals surface area contributed by atoms with E-state index in [1.165, 1.54) is 0 Å². The number of H-pyrrole nitrogens is 1. The first-order chi connectivity index (χ1) is 13.2. The van der Waals surface area contributed by atoms with Crippen LogP contribution >= 0.6 is 0 Å². The van der Waals surface area contributed by atoms with Gasteiger partial charge in [-0.15, -0.1) is 0 Å². The summed E-state index contributed by atoms with van der Waals surface area (Å²) < 4.78 is 5.66. The third-order valence-corrected chi connectivity index (χ3v) is 3.39. The van der Waals surface area contributed by atoms with Gasteiger partial charge in [-0.3, -0.25) is 9.89 Å². The molecule has 8 heteroatoms. The molecule has 2 aromatic rings. The van der Waals surface area contributed by atoms with Crippen molar-refractivity contribution in [3.8, 4) is 5.75 Å². The number of hydrogen-bond acceptors (Lipinski definition) is 4. The van der Waals surface area contributed by atoms with Crippen molar-refractivity contribution in [3.05, 3.63) is 42.2 Å². The van der Waals surface area contributed by atoms with Crippen molar-refractivity contribution in [3.63, 3.8) is 0 Å². The molecule has 8 nitrogen and oxygen atoms in total. The van der Waals surface area contributed by atoms with Gasteiger partial charge >= 0.3 is 0 Å². The second-order valence-electron chi connectivity index (χ2n) is 7.71. The van der Waals surface area contributed by atoms with E-state index in [0.717, 1.165) is 17.1 Å². The number of aromatic amines is 1. The van der Waals surface area contributed by atoms with E-state index in [1.54, 1.807) is 6.20 Å². The van der Waals surface area contributed by atoms with Gasteiger partial charge in [0.2, 0.25) is 5.91 Å². The number of benzene rings is 1. The summed E-state index contributed by atoms with van der Waals surface area (Å²) in [6, 6.07) is 9.44. The highest BCUT2D eigenvalue weighted by atomic mass is 16.5. The number of amides is 1. The number of hydrogen-bond donors (Lipinski definition) is 4. The molecule has 0 saturated carbocycles. The number of nitrogens with zero attached hydrogens (tertiary/aromatic N) is 2. The molecule has 152 valence electrons. The minimum absolute atomic E-state index is 0.107. The zero-order valence-corrected chi connectivity index (χ0v) is 17.2. The van der Waals surface area contributed by atoms with Crippen molar-refractivity contribution in [2.45, 2.75) is 52.8 Å². The van der Waals surface area contributed by atoms with Gasteiger partial charge in [0.15, 0.2) is 5.96 Å². The Kier molecular flexibility index (Phi) is 7.43. The van der Waals surface area contributed by atoms with Crippen LogP contribution in [0.25, 0.3) is 0 Å². The predicted octanol–water partition coefficient (Wildman–Crippen LogP) is 2.67. The normalized spacial score (nSPS) is 12.0. The fraction of sp³-hybridized carbons (Fsp3) is 0.450. The molecule has 0 aliphatic heterocycles. The van der Waals surface area contributed by atoms with Crippen LogP contribution in [0.3, 0.4) is 0 Å². The molecular formula is C20H30N6O2. The van der Waals surface area contributed by atoms with E-state index in [0.29, 0.717) is 12.5 Å². The fourth-order valence-corrected chi connectivity index (χ4v) is 2.33. The van der Waals surface area contributed by atoms with Crippen molar-refractivity contribution >= 4 is 17.6 Å². The van der Waals surface area contributed by atoms with E-state index in [4.69, 9.17) is 4.74 Å². The Balaban J connectivity index is 2.03. The van der Waals surface area contributed by atoms with Crippen molar-refractivity contribution in [2.75, 3.05) is 11.9 Å². The molecule has 0 aliphatic rings. The molecule has 0 radical (unpaired) electrons. The lowest BCUT2D eigenvalue weighted by molar-refractivity contribution is -0.121. The number of guanidine groups is 1. The van der Waals surface area contributed by atoms with Crippen molar-refractivity contribution in [1.29, 1.82) is 0 Å². The van der Waals surface area contributed by atoms with E-state index in [-0.39, 0.29) is 24.1 Å². The summed E-state index contributed by atoms with van der Waals surface area (Å²) >= 11 is 0. The Morgan fingerprint density at radius 3 is 2.50 bits per heavy atom. The number of rotatable bonds is 7. The lowest BCUT2D eigenvalue weighted by atomic mass is 10.1. The molecule has 0 spiro atoms. The van der Waals surface area contributed by atoms with Gasteiger partial charge in [-0.1, -0.05) is 0 Å². The van der Waals surface area contributed by atoms with E-state index in [9.17, 15) is 4.79 Å². The quantitative estimate of drug-likeness (QED) is 0.433. The number of ether oxygens (including phenoxy) is 1. The lowest BCUT2D eigenvalue weighted by Crippen LogP contribution is -2.46. The van der Waals surface area contributed by atoms with Crippen LogP contribution in [-0.2, 0) is 11.3 Å². The maximum Gasteiger partial charge on any atom is 0.239 e. The molecule has 4 N–H and O–H groups in total. The molecule has 0 saturated heterocycles. The monoisotopic (exact) mass is 386 g/mol. The number of aliphatic imine (C=N–C) groups is 1. The van der Waals surface area contributed by atoms with Crippen molar-refractivity contribution in [2.24, 2.45) is 4.99 Å². The molecule has 0 atom stereocenters. The standard InChI is InChI=1S/C20H30N6O2/c1-14(2)28-17-8-6-15(7-9-17)24-19(21-12-16-10-11-23-26-16)22-13-18(27)25-20(3,4)5/h6-11,14H,12-13H2,1-5H3,(H,23,26)(H,25,27)(H2,21,22,24). The molecule has 1 aromatic carbocycles. The molecule has 0 unspecified atom stereocenters. The van der Waals surface area contributed by atoms with E-state index >= 15 is 0 Å². The largest absolute Gasteiger partial charge is 0.491 e. The van der Waals surface area contributed by atoms with Crippen LogP contribution in [0.1, 0.15) is 40.3 Å². The Labute approximate surface area is 166 Å². The second-order valence-corrected chi connectivity index (χ2v) is 7.71. The molecule has 2 rings (SSSR count). The summed E-state index contributed by atoms with van der Waals surface area (Å²) in [5.41, 5.74) is 1.43. The first-order valence-electron chi connectivity index (χ1n) is 9.32. The minimum Gasteiger partial charge on any atom is -0.491 e. The molecular weight excluding hydrogens is 356 g/mol. The second kappa shape index (κ2) is 9.77. The Hall–Kier alpha value is -3.03. The van der Waals surface area contributed by atoms with Crippen molar-refractivity contribution < 1.29 is 9.53 Å².